The number of halogens is 5. The lowest BCUT2D eigenvalue weighted by Crippen LogP contribution is -2.35. The van der Waals surface area contributed by atoms with Crippen LogP contribution in [0.5, 0.6) is 0 Å². The van der Waals surface area contributed by atoms with Crippen molar-refractivity contribution in [2.24, 2.45) is 0 Å². The molecule has 0 bridgehead atoms. The quantitative estimate of drug-likeness (QED) is 0.597. The maximum Gasteiger partial charge on any atom is 0.405 e. The highest BCUT2D eigenvalue weighted by molar-refractivity contribution is 9.08. The van der Waals surface area contributed by atoms with Gasteiger partial charge in [0.1, 0.15) is 12.4 Å². The Kier molecular flexibility index (Phi) is 4.80. The summed E-state index contributed by atoms with van der Waals surface area (Å²) in [4.78, 5) is 0.992. The molecule has 0 aromatic heterocycles. The molecule has 6 heteroatoms. The van der Waals surface area contributed by atoms with Gasteiger partial charge in [-0.2, -0.15) is 13.2 Å². The van der Waals surface area contributed by atoms with E-state index in [2.05, 4.69) is 15.9 Å². The molecule has 96 valence electrons. The maximum atomic E-state index is 13.6. The van der Waals surface area contributed by atoms with Gasteiger partial charge >= 0.3 is 6.18 Å². The van der Waals surface area contributed by atoms with Crippen LogP contribution in [0, 0.1) is 5.82 Å². The molecule has 0 heterocycles. The molecule has 0 N–H and O–H groups in total. The van der Waals surface area contributed by atoms with Crippen molar-refractivity contribution in [1.82, 2.24) is 0 Å². The average Bonchev–Trinajstić information content (AvgIpc) is 2.24. The molecule has 0 spiro atoms. The highest BCUT2D eigenvalue weighted by atomic mass is 79.9. The van der Waals surface area contributed by atoms with Gasteiger partial charge in [-0.1, -0.05) is 28.1 Å². The van der Waals surface area contributed by atoms with E-state index >= 15 is 0 Å². The Morgan fingerprint density at radius 1 is 1.29 bits per heavy atom. The van der Waals surface area contributed by atoms with Gasteiger partial charge in [-0.25, -0.2) is 4.39 Å². The summed E-state index contributed by atoms with van der Waals surface area (Å²) in [6.45, 7) is 0.515. The van der Waals surface area contributed by atoms with Crippen molar-refractivity contribution in [2.45, 2.75) is 18.4 Å². The van der Waals surface area contributed by atoms with Crippen LogP contribution in [0.3, 0.4) is 0 Å². The molecule has 1 nitrogen and oxygen atoms in total. The molecule has 0 saturated heterocycles. The Bertz CT molecular complexity index is 378. The summed E-state index contributed by atoms with van der Waals surface area (Å²) in [5.74, 6) is -0.631. The van der Waals surface area contributed by atoms with Gasteiger partial charge in [-0.05, 0) is 18.6 Å². The highest BCUT2D eigenvalue weighted by Crippen LogP contribution is 2.29. The van der Waals surface area contributed by atoms with Gasteiger partial charge in [-0.3, -0.25) is 0 Å². The molecule has 0 amide bonds. The summed E-state index contributed by atoms with van der Waals surface area (Å²) in [6, 6.07) is 4.25. The van der Waals surface area contributed by atoms with E-state index in [1.165, 1.54) is 12.1 Å². The Balaban J connectivity index is 3.11. The van der Waals surface area contributed by atoms with Crippen molar-refractivity contribution >= 4 is 21.6 Å². The lowest BCUT2D eigenvalue weighted by atomic mass is 10.1. The van der Waals surface area contributed by atoms with E-state index in [-0.39, 0.29) is 12.2 Å². The number of para-hydroxylation sites is 1. The molecule has 1 rings (SSSR count). The number of hydrogen-bond acceptors (Lipinski definition) is 1. The van der Waals surface area contributed by atoms with Crippen LogP contribution in [0.25, 0.3) is 0 Å². The molecule has 0 atom stereocenters. The van der Waals surface area contributed by atoms with E-state index in [1.807, 2.05) is 0 Å². The van der Waals surface area contributed by atoms with Crippen LogP contribution in [0.1, 0.15) is 12.5 Å². The zero-order valence-electron chi connectivity index (χ0n) is 9.19. The van der Waals surface area contributed by atoms with Gasteiger partial charge < -0.3 is 4.90 Å². The minimum atomic E-state index is -4.35. The van der Waals surface area contributed by atoms with Crippen molar-refractivity contribution in [2.75, 3.05) is 18.0 Å². The zero-order chi connectivity index (χ0) is 13.1. The van der Waals surface area contributed by atoms with Gasteiger partial charge in [0.15, 0.2) is 0 Å². The fourth-order valence-corrected chi connectivity index (χ4v) is 2.04. The highest BCUT2D eigenvalue weighted by Gasteiger charge is 2.31. The van der Waals surface area contributed by atoms with Crippen molar-refractivity contribution in [3.05, 3.63) is 29.6 Å². The zero-order valence-corrected chi connectivity index (χ0v) is 10.8. The molecule has 0 unspecified atom stereocenters. The van der Waals surface area contributed by atoms with Gasteiger partial charge in [0, 0.05) is 11.9 Å². The summed E-state index contributed by atoms with van der Waals surface area (Å²) in [5.41, 5.74) is 0.528. The maximum absolute atomic E-state index is 13.6. The molecule has 1 aromatic rings. The minimum Gasteiger partial charge on any atom is -0.360 e. The van der Waals surface area contributed by atoms with Gasteiger partial charge in [0.05, 0.1) is 5.69 Å². The SMILES string of the molecule is CCN(CC(F)(F)F)c1c(F)cccc1CBr. The lowest BCUT2D eigenvalue weighted by molar-refractivity contribution is -0.119. The van der Waals surface area contributed by atoms with E-state index in [9.17, 15) is 17.6 Å². The van der Waals surface area contributed by atoms with Crippen molar-refractivity contribution in [1.29, 1.82) is 0 Å². The second-order valence-electron chi connectivity index (χ2n) is 3.51. The van der Waals surface area contributed by atoms with Crippen molar-refractivity contribution in [3.8, 4) is 0 Å². The van der Waals surface area contributed by atoms with Crippen LogP contribution in [0.2, 0.25) is 0 Å². The van der Waals surface area contributed by atoms with Crippen LogP contribution in [-0.4, -0.2) is 19.3 Å². The smallest absolute Gasteiger partial charge is 0.360 e. The fourth-order valence-electron chi connectivity index (χ4n) is 1.59. The predicted molar refractivity (Wildman–Crippen MR) is 63.0 cm³/mol. The van der Waals surface area contributed by atoms with E-state index in [1.54, 1.807) is 13.0 Å². The van der Waals surface area contributed by atoms with Crippen LogP contribution in [0.4, 0.5) is 23.2 Å². The standard InChI is InChI=1S/C11H12BrF4N/c1-2-17(7-11(14,15)16)10-8(6-12)4-3-5-9(10)13/h3-5H,2,6-7H2,1H3. The first-order chi connectivity index (χ1) is 7.89. The van der Waals surface area contributed by atoms with Crippen molar-refractivity contribution < 1.29 is 17.6 Å². The third kappa shape index (κ3) is 3.87. The topological polar surface area (TPSA) is 3.24 Å². The van der Waals surface area contributed by atoms with E-state index in [4.69, 9.17) is 0 Å². The molecule has 0 saturated carbocycles. The third-order valence-corrected chi connectivity index (χ3v) is 2.89. The second kappa shape index (κ2) is 5.71. The molecule has 0 fully saturated rings. The normalized spacial score (nSPS) is 11.6. The lowest BCUT2D eigenvalue weighted by Gasteiger charge is -2.26. The number of alkyl halides is 4. The van der Waals surface area contributed by atoms with Crippen molar-refractivity contribution in [3.63, 3.8) is 0 Å². The first-order valence-corrected chi connectivity index (χ1v) is 6.16. The van der Waals surface area contributed by atoms with Gasteiger partial charge in [0.25, 0.3) is 0 Å². The summed E-state index contributed by atoms with van der Waals surface area (Å²) in [5, 5.41) is 0.314. The Labute approximate surface area is 106 Å². The van der Waals surface area contributed by atoms with Gasteiger partial charge in [-0.15, -0.1) is 0 Å². The average molecular weight is 314 g/mol. The molecule has 1 aromatic carbocycles. The Hall–Kier alpha value is -0.780. The Morgan fingerprint density at radius 2 is 1.94 bits per heavy atom. The van der Waals surface area contributed by atoms with E-state index in [0.29, 0.717) is 10.9 Å². The summed E-state index contributed by atoms with van der Waals surface area (Å²) in [6.07, 6.45) is -4.35. The summed E-state index contributed by atoms with van der Waals surface area (Å²) >= 11 is 3.15. The van der Waals surface area contributed by atoms with Gasteiger partial charge in [0.2, 0.25) is 0 Å². The molecular weight excluding hydrogens is 302 g/mol. The summed E-state index contributed by atoms with van der Waals surface area (Å²) in [7, 11) is 0. The molecule has 0 radical (unpaired) electrons. The molecule has 17 heavy (non-hydrogen) atoms. The molecular formula is C11H12BrF4N. The third-order valence-electron chi connectivity index (χ3n) is 2.28. The number of hydrogen-bond donors (Lipinski definition) is 0. The fraction of sp³-hybridized carbons (Fsp3) is 0.455. The van der Waals surface area contributed by atoms with E-state index in [0.717, 1.165) is 4.90 Å². The monoisotopic (exact) mass is 313 g/mol. The largest absolute Gasteiger partial charge is 0.405 e. The predicted octanol–water partition coefficient (Wildman–Crippen LogP) is 4.11. The van der Waals surface area contributed by atoms with E-state index < -0.39 is 18.5 Å². The van der Waals surface area contributed by atoms with Crippen LogP contribution < -0.4 is 4.90 Å². The Morgan fingerprint density at radius 3 is 2.41 bits per heavy atom. The van der Waals surface area contributed by atoms with Crippen LogP contribution in [-0.2, 0) is 5.33 Å². The van der Waals surface area contributed by atoms with Crippen LogP contribution >= 0.6 is 15.9 Å². The summed E-state index contributed by atoms with van der Waals surface area (Å²) < 4.78 is 50.7. The number of anilines is 1. The minimum absolute atomic E-state index is 0.0178. The molecule has 0 aliphatic rings. The first kappa shape index (κ1) is 14.3. The number of rotatable bonds is 4. The second-order valence-corrected chi connectivity index (χ2v) is 4.07. The molecule has 0 aliphatic carbocycles. The molecule has 0 aliphatic heterocycles. The number of benzene rings is 1. The van der Waals surface area contributed by atoms with Crippen LogP contribution in [0.15, 0.2) is 18.2 Å². The number of nitrogens with zero attached hydrogens (tertiary/aromatic N) is 1. The first-order valence-electron chi connectivity index (χ1n) is 5.04.